The number of amides is 1. The molecule has 0 aromatic carbocycles. The maximum atomic E-state index is 11.5. The van der Waals surface area contributed by atoms with Gasteiger partial charge in [-0.1, -0.05) is 0 Å². The fourth-order valence-corrected chi connectivity index (χ4v) is 2.61. The standard InChI is InChI=1S/C15H32N2O5S/c1-15(2,3)22-14(18)17-9-6-8-13(12-21-4)16-10-7-11-23(5,19)20/h13,16H,6-12H2,1-5H3,(H,17,18). The smallest absolute Gasteiger partial charge is 0.407 e. The molecule has 0 bridgehead atoms. The number of methoxy groups -OCH3 is 1. The van der Waals surface area contributed by atoms with Crippen molar-refractivity contribution >= 4 is 15.9 Å². The Morgan fingerprint density at radius 3 is 2.35 bits per heavy atom. The molecule has 1 amide bonds. The van der Waals surface area contributed by atoms with Gasteiger partial charge in [-0.15, -0.1) is 0 Å². The zero-order valence-electron chi connectivity index (χ0n) is 15.0. The molecule has 0 aliphatic heterocycles. The molecular formula is C15H32N2O5S. The number of hydrogen-bond donors (Lipinski definition) is 2. The molecule has 8 heteroatoms. The first kappa shape index (κ1) is 22.1. The third-order valence-electron chi connectivity index (χ3n) is 2.89. The van der Waals surface area contributed by atoms with Crippen LogP contribution in [-0.4, -0.2) is 65.0 Å². The number of hydrogen-bond acceptors (Lipinski definition) is 6. The molecule has 0 spiro atoms. The first-order chi connectivity index (χ1) is 10.5. The summed E-state index contributed by atoms with van der Waals surface area (Å²) >= 11 is 0. The van der Waals surface area contributed by atoms with Gasteiger partial charge >= 0.3 is 6.09 Å². The molecule has 1 unspecified atom stereocenters. The van der Waals surface area contributed by atoms with Crippen molar-refractivity contribution in [3.8, 4) is 0 Å². The van der Waals surface area contributed by atoms with Crippen molar-refractivity contribution in [1.29, 1.82) is 0 Å². The van der Waals surface area contributed by atoms with Crippen molar-refractivity contribution in [2.45, 2.75) is 51.7 Å². The van der Waals surface area contributed by atoms with Crippen LogP contribution in [0.5, 0.6) is 0 Å². The highest BCUT2D eigenvalue weighted by Gasteiger charge is 2.15. The fraction of sp³-hybridized carbons (Fsp3) is 0.933. The van der Waals surface area contributed by atoms with Crippen molar-refractivity contribution in [3.63, 3.8) is 0 Å². The van der Waals surface area contributed by atoms with Crippen molar-refractivity contribution in [1.82, 2.24) is 10.6 Å². The van der Waals surface area contributed by atoms with Crippen LogP contribution in [0.15, 0.2) is 0 Å². The number of carbonyl (C=O) groups excluding carboxylic acids is 1. The molecule has 0 aliphatic carbocycles. The molecule has 0 saturated carbocycles. The average molecular weight is 352 g/mol. The van der Waals surface area contributed by atoms with E-state index in [-0.39, 0.29) is 11.8 Å². The molecule has 138 valence electrons. The average Bonchev–Trinajstić information content (AvgIpc) is 2.36. The van der Waals surface area contributed by atoms with Gasteiger partial charge in [-0.3, -0.25) is 0 Å². The van der Waals surface area contributed by atoms with E-state index >= 15 is 0 Å². The minimum atomic E-state index is -2.91. The predicted octanol–water partition coefficient (Wildman–Crippen LogP) is 1.33. The van der Waals surface area contributed by atoms with Crippen molar-refractivity contribution in [2.24, 2.45) is 0 Å². The van der Waals surface area contributed by atoms with E-state index in [1.165, 1.54) is 6.26 Å². The third-order valence-corrected chi connectivity index (χ3v) is 3.92. The fourth-order valence-electron chi connectivity index (χ4n) is 1.94. The Kier molecular flexibility index (Phi) is 10.4. The van der Waals surface area contributed by atoms with E-state index in [1.807, 2.05) is 20.8 Å². The van der Waals surface area contributed by atoms with E-state index in [0.717, 1.165) is 12.8 Å². The molecule has 0 heterocycles. The van der Waals surface area contributed by atoms with E-state index in [4.69, 9.17) is 9.47 Å². The van der Waals surface area contributed by atoms with E-state index < -0.39 is 21.5 Å². The summed E-state index contributed by atoms with van der Waals surface area (Å²) in [4.78, 5) is 11.5. The van der Waals surface area contributed by atoms with E-state index in [9.17, 15) is 13.2 Å². The van der Waals surface area contributed by atoms with Crippen LogP contribution in [0.25, 0.3) is 0 Å². The third kappa shape index (κ3) is 15.8. The molecule has 0 aromatic heterocycles. The maximum absolute atomic E-state index is 11.5. The molecule has 0 fully saturated rings. The van der Waals surface area contributed by atoms with Gasteiger partial charge in [0.2, 0.25) is 0 Å². The van der Waals surface area contributed by atoms with Crippen LogP contribution in [0.4, 0.5) is 4.79 Å². The Hall–Kier alpha value is -0.860. The van der Waals surface area contributed by atoms with Gasteiger partial charge in [0.05, 0.1) is 12.4 Å². The summed E-state index contributed by atoms with van der Waals surface area (Å²) in [7, 11) is -1.28. The minimum absolute atomic E-state index is 0.139. The van der Waals surface area contributed by atoms with Crippen LogP contribution in [0.3, 0.4) is 0 Å². The number of ether oxygens (including phenoxy) is 2. The van der Waals surface area contributed by atoms with E-state index in [0.29, 0.717) is 26.1 Å². The van der Waals surface area contributed by atoms with Gasteiger partial charge in [-0.25, -0.2) is 13.2 Å². The highest BCUT2D eigenvalue weighted by Crippen LogP contribution is 2.06. The molecule has 7 nitrogen and oxygen atoms in total. The molecule has 0 aromatic rings. The van der Waals surface area contributed by atoms with E-state index in [1.54, 1.807) is 7.11 Å². The van der Waals surface area contributed by atoms with E-state index in [2.05, 4.69) is 10.6 Å². The zero-order valence-corrected chi connectivity index (χ0v) is 15.8. The molecular weight excluding hydrogens is 320 g/mol. The maximum Gasteiger partial charge on any atom is 0.407 e. The second kappa shape index (κ2) is 10.8. The summed E-state index contributed by atoms with van der Waals surface area (Å²) in [5.74, 6) is 0.180. The Bertz CT molecular complexity index is 432. The lowest BCUT2D eigenvalue weighted by atomic mass is 10.1. The van der Waals surface area contributed by atoms with Crippen LogP contribution in [-0.2, 0) is 19.3 Å². The zero-order chi connectivity index (χ0) is 17.9. The second-order valence-electron chi connectivity index (χ2n) is 6.66. The lowest BCUT2D eigenvalue weighted by Gasteiger charge is -2.20. The first-order valence-electron chi connectivity index (χ1n) is 7.90. The van der Waals surface area contributed by atoms with Gasteiger partial charge in [0.15, 0.2) is 0 Å². The second-order valence-corrected chi connectivity index (χ2v) is 8.92. The quantitative estimate of drug-likeness (QED) is 0.545. The van der Waals surface area contributed by atoms with Gasteiger partial charge in [0, 0.05) is 26.0 Å². The van der Waals surface area contributed by atoms with Crippen molar-refractivity contribution in [3.05, 3.63) is 0 Å². The van der Waals surface area contributed by atoms with Crippen molar-refractivity contribution in [2.75, 3.05) is 38.8 Å². The lowest BCUT2D eigenvalue weighted by molar-refractivity contribution is 0.0526. The van der Waals surface area contributed by atoms with Crippen molar-refractivity contribution < 1.29 is 22.7 Å². The monoisotopic (exact) mass is 352 g/mol. The molecule has 23 heavy (non-hydrogen) atoms. The normalized spacial score (nSPS) is 13.6. The number of rotatable bonds is 11. The molecule has 1 atom stereocenters. The number of carbonyl (C=O) groups is 1. The summed E-state index contributed by atoms with van der Waals surface area (Å²) in [5.41, 5.74) is -0.496. The van der Waals surface area contributed by atoms with Crippen LogP contribution in [0.2, 0.25) is 0 Å². The summed E-state index contributed by atoms with van der Waals surface area (Å²) in [5, 5.41) is 6.00. The molecule has 0 rings (SSSR count). The number of sulfone groups is 1. The summed E-state index contributed by atoms with van der Waals surface area (Å²) in [6, 6.07) is 0.139. The van der Waals surface area contributed by atoms with Crippen LogP contribution >= 0.6 is 0 Å². The van der Waals surface area contributed by atoms with Crippen LogP contribution < -0.4 is 10.6 Å². The Morgan fingerprint density at radius 2 is 1.83 bits per heavy atom. The molecule has 0 saturated heterocycles. The number of nitrogens with one attached hydrogen (secondary N) is 2. The SMILES string of the molecule is COCC(CCCNC(=O)OC(C)(C)C)NCCCS(C)(=O)=O. The first-order valence-corrected chi connectivity index (χ1v) is 9.96. The Morgan fingerprint density at radius 1 is 1.17 bits per heavy atom. The topological polar surface area (TPSA) is 93.7 Å². The van der Waals surface area contributed by atoms with Crippen LogP contribution in [0, 0.1) is 0 Å². The highest BCUT2D eigenvalue weighted by molar-refractivity contribution is 7.90. The largest absolute Gasteiger partial charge is 0.444 e. The molecule has 0 aliphatic rings. The van der Waals surface area contributed by atoms with Gasteiger partial charge in [0.1, 0.15) is 15.4 Å². The number of alkyl carbamates (subject to hydrolysis) is 1. The lowest BCUT2D eigenvalue weighted by Crippen LogP contribution is -2.36. The van der Waals surface area contributed by atoms with Gasteiger partial charge < -0.3 is 20.1 Å². The van der Waals surface area contributed by atoms with Gasteiger partial charge in [-0.2, -0.15) is 0 Å². The summed E-state index contributed by atoms with van der Waals surface area (Å²) < 4.78 is 32.5. The minimum Gasteiger partial charge on any atom is -0.444 e. The van der Waals surface area contributed by atoms with Crippen LogP contribution in [0.1, 0.15) is 40.0 Å². The van der Waals surface area contributed by atoms with Gasteiger partial charge in [0.25, 0.3) is 0 Å². The summed E-state index contributed by atoms with van der Waals surface area (Å²) in [6.45, 7) is 7.16. The molecule has 0 radical (unpaired) electrons. The highest BCUT2D eigenvalue weighted by atomic mass is 32.2. The molecule has 2 N–H and O–H groups in total. The van der Waals surface area contributed by atoms with Gasteiger partial charge in [-0.05, 0) is 46.6 Å². The summed E-state index contributed by atoms with van der Waals surface area (Å²) in [6.07, 6.45) is 3.01. The Balaban J connectivity index is 3.89. The predicted molar refractivity (Wildman–Crippen MR) is 91.5 cm³/mol. The Labute approximate surface area is 140 Å².